The van der Waals surface area contributed by atoms with Gasteiger partial charge in [-0.15, -0.1) is 0 Å². The van der Waals surface area contributed by atoms with Crippen LogP contribution in [0.25, 0.3) is 0 Å². The first-order chi connectivity index (χ1) is 10.0. The van der Waals surface area contributed by atoms with Gasteiger partial charge < -0.3 is 15.2 Å². The highest BCUT2D eigenvalue weighted by Gasteiger charge is 2.11. The first-order valence-corrected chi connectivity index (χ1v) is 7.09. The van der Waals surface area contributed by atoms with Crippen LogP contribution < -0.4 is 16.2 Å². The third-order valence-corrected chi connectivity index (χ3v) is 3.45. The van der Waals surface area contributed by atoms with E-state index in [0.717, 1.165) is 11.1 Å². The SMILES string of the molecule is CC(C)n1ccnc(N(C)Cc2ccc(CN)cc2)c1=O. The molecule has 0 unspecified atom stereocenters. The van der Waals surface area contributed by atoms with Gasteiger partial charge in [-0.3, -0.25) is 4.79 Å². The van der Waals surface area contributed by atoms with Crippen molar-refractivity contribution in [2.45, 2.75) is 33.0 Å². The second kappa shape index (κ2) is 6.54. The Morgan fingerprint density at radius 3 is 2.43 bits per heavy atom. The molecule has 0 aliphatic carbocycles. The highest BCUT2D eigenvalue weighted by atomic mass is 16.1. The van der Waals surface area contributed by atoms with Crippen LogP contribution in [0.15, 0.2) is 41.5 Å². The Hall–Kier alpha value is -2.14. The van der Waals surface area contributed by atoms with Crippen molar-refractivity contribution >= 4 is 5.82 Å². The maximum atomic E-state index is 12.4. The quantitative estimate of drug-likeness (QED) is 0.912. The van der Waals surface area contributed by atoms with Crippen LogP contribution in [0.2, 0.25) is 0 Å². The number of benzene rings is 1. The van der Waals surface area contributed by atoms with Gasteiger partial charge in [-0.05, 0) is 25.0 Å². The first kappa shape index (κ1) is 15.3. The number of anilines is 1. The lowest BCUT2D eigenvalue weighted by Crippen LogP contribution is -2.31. The summed E-state index contributed by atoms with van der Waals surface area (Å²) in [5, 5.41) is 0. The number of nitrogens with two attached hydrogens (primary N) is 1. The molecular formula is C16H22N4O. The normalized spacial score (nSPS) is 10.9. The Bertz CT molecular complexity index is 646. The predicted molar refractivity (Wildman–Crippen MR) is 85.3 cm³/mol. The summed E-state index contributed by atoms with van der Waals surface area (Å²) in [5.41, 5.74) is 7.75. The molecule has 0 fully saturated rings. The summed E-state index contributed by atoms with van der Waals surface area (Å²) >= 11 is 0. The van der Waals surface area contributed by atoms with E-state index >= 15 is 0 Å². The molecule has 0 saturated heterocycles. The molecule has 5 heteroatoms. The number of hydrogen-bond acceptors (Lipinski definition) is 4. The second-order valence-electron chi connectivity index (χ2n) is 5.43. The largest absolute Gasteiger partial charge is 0.351 e. The van der Waals surface area contributed by atoms with Crippen molar-refractivity contribution < 1.29 is 0 Å². The van der Waals surface area contributed by atoms with Crippen LogP contribution in [-0.2, 0) is 13.1 Å². The van der Waals surface area contributed by atoms with E-state index in [2.05, 4.69) is 4.98 Å². The molecule has 1 aromatic carbocycles. The van der Waals surface area contributed by atoms with Gasteiger partial charge in [0.05, 0.1) is 0 Å². The van der Waals surface area contributed by atoms with Crippen LogP contribution in [0.5, 0.6) is 0 Å². The number of nitrogens with zero attached hydrogens (tertiary/aromatic N) is 3. The van der Waals surface area contributed by atoms with E-state index in [1.165, 1.54) is 0 Å². The molecule has 0 saturated carbocycles. The molecule has 5 nitrogen and oxygen atoms in total. The Labute approximate surface area is 125 Å². The Kier molecular flexibility index (Phi) is 4.75. The summed E-state index contributed by atoms with van der Waals surface area (Å²) in [7, 11) is 1.88. The minimum atomic E-state index is -0.0615. The third-order valence-electron chi connectivity index (χ3n) is 3.45. The molecule has 0 aliphatic heterocycles. The molecule has 1 heterocycles. The molecule has 2 N–H and O–H groups in total. The van der Waals surface area contributed by atoms with Gasteiger partial charge in [0.25, 0.3) is 5.56 Å². The Balaban J connectivity index is 2.22. The van der Waals surface area contributed by atoms with Crippen molar-refractivity contribution in [2.24, 2.45) is 5.73 Å². The molecule has 0 spiro atoms. The fraction of sp³-hybridized carbons (Fsp3) is 0.375. The number of rotatable bonds is 5. The van der Waals surface area contributed by atoms with Crippen LogP contribution in [0.1, 0.15) is 31.0 Å². The van der Waals surface area contributed by atoms with Gasteiger partial charge >= 0.3 is 0 Å². The van der Waals surface area contributed by atoms with Gasteiger partial charge in [-0.25, -0.2) is 4.98 Å². The summed E-state index contributed by atoms with van der Waals surface area (Å²) in [4.78, 5) is 18.5. The monoisotopic (exact) mass is 286 g/mol. The van der Waals surface area contributed by atoms with Crippen molar-refractivity contribution in [1.82, 2.24) is 9.55 Å². The van der Waals surface area contributed by atoms with E-state index in [9.17, 15) is 4.79 Å². The summed E-state index contributed by atoms with van der Waals surface area (Å²) in [6.07, 6.45) is 3.39. The predicted octanol–water partition coefficient (Wildman–Crippen LogP) is 1.92. The number of aromatic nitrogens is 2. The maximum Gasteiger partial charge on any atom is 0.293 e. The summed E-state index contributed by atoms with van der Waals surface area (Å²) < 4.78 is 1.69. The van der Waals surface area contributed by atoms with Gasteiger partial charge in [0.2, 0.25) is 0 Å². The molecule has 0 atom stereocenters. The van der Waals surface area contributed by atoms with Crippen molar-refractivity contribution in [3.05, 3.63) is 58.1 Å². The zero-order valence-electron chi connectivity index (χ0n) is 12.8. The van der Waals surface area contributed by atoms with E-state index in [1.807, 2.05) is 50.1 Å². The molecule has 2 rings (SSSR count). The van der Waals surface area contributed by atoms with Crippen molar-refractivity contribution in [3.63, 3.8) is 0 Å². The van der Waals surface area contributed by atoms with Crippen LogP contribution in [0, 0.1) is 0 Å². The molecule has 0 bridgehead atoms. The van der Waals surface area contributed by atoms with Gasteiger partial charge in [0.1, 0.15) is 0 Å². The molecule has 0 radical (unpaired) electrons. The molecular weight excluding hydrogens is 264 g/mol. The minimum Gasteiger partial charge on any atom is -0.351 e. The number of hydrogen-bond donors (Lipinski definition) is 1. The lowest BCUT2D eigenvalue weighted by Gasteiger charge is -2.19. The van der Waals surface area contributed by atoms with E-state index in [0.29, 0.717) is 18.9 Å². The van der Waals surface area contributed by atoms with E-state index in [1.54, 1.807) is 17.0 Å². The minimum absolute atomic E-state index is 0.0615. The van der Waals surface area contributed by atoms with E-state index < -0.39 is 0 Å². The maximum absolute atomic E-state index is 12.4. The van der Waals surface area contributed by atoms with Gasteiger partial charge in [-0.1, -0.05) is 24.3 Å². The van der Waals surface area contributed by atoms with Crippen LogP contribution in [0.4, 0.5) is 5.82 Å². The second-order valence-corrected chi connectivity index (χ2v) is 5.43. The van der Waals surface area contributed by atoms with E-state index in [-0.39, 0.29) is 11.6 Å². The lowest BCUT2D eigenvalue weighted by molar-refractivity contribution is 0.572. The van der Waals surface area contributed by atoms with Gasteiger partial charge in [0, 0.05) is 38.6 Å². The van der Waals surface area contributed by atoms with Gasteiger partial charge in [-0.2, -0.15) is 0 Å². The molecule has 112 valence electrons. The van der Waals surface area contributed by atoms with E-state index in [4.69, 9.17) is 5.73 Å². The summed E-state index contributed by atoms with van der Waals surface area (Å²) in [6.45, 7) is 5.14. The third kappa shape index (κ3) is 3.49. The summed E-state index contributed by atoms with van der Waals surface area (Å²) in [5.74, 6) is 0.467. The molecule has 0 aliphatic rings. The molecule has 0 amide bonds. The highest BCUT2D eigenvalue weighted by Crippen LogP contribution is 2.11. The smallest absolute Gasteiger partial charge is 0.293 e. The zero-order chi connectivity index (χ0) is 15.4. The first-order valence-electron chi connectivity index (χ1n) is 7.09. The highest BCUT2D eigenvalue weighted by molar-refractivity contribution is 5.36. The average molecular weight is 286 g/mol. The molecule has 21 heavy (non-hydrogen) atoms. The average Bonchev–Trinajstić information content (AvgIpc) is 2.47. The van der Waals surface area contributed by atoms with Crippen molar-refractivity contribution in [1.29, 1.82) is 0 Å². The van der Waals surface area contributed by atoms with Crippen LogP contribution >= 0.6 is 0 Å². The zero-order valence-corrected chi connectivity index (χ0v) is 12.8. The van der Waals surface area contributed by atoms with Crippen molar-refractivity contribution in [3.8, 4) is 0 Å². The standard InChI is InChI=1S/C16H22N4O/c1-12(2)20-9-8-18-15(16(20)21)19(3)11-14-6-4-13(10-17)5-7-14/h4-9,12H,10-11,17H2,1-3H3. The lowest BCUT2D eigenvalue weighted by atomic mass is 10.1. The topological polar surface area (TPSA) is 64.2 Å². The van der Waals surface area contributed by atoms with Crippen LogP contribution in [0.3, 0.4) is 0 Å². The fourth-order valence-electron chi connectivity index (χ4n) is 2.21. The van der Waals surface area contributed by atoms with Gasteiger partial charge in [0.15, 0.2) is 5.82 Å². The fourth-order valence-corrected chi connectivity index (χ4v) is 2.21. The Morgan fingerprint density at radius 2 is 1.86 bits per heavy atom. The Morgan fingerprint density at radius 1 is 1.24 bits per heavy atom. The molecule has 2 aromatic rings. The van der Waals surface area contributed by atoms with Crippen LogP contribution in [-0.4, -0.2) is 16.6 Å². The summed E-state index contributed by atoms with van der Waals surface area (Å²) in [6, 6.07) is 8.20. The van der Waals surface area contributed by atoms with Crippen molar-refractivity contribution in [2.75, 3.05) is 11.9 Å². The molecule has 1 aromatic heterocycles.